The SMILES string of the molecule is CCCCNC=O.NC=O. The van der Waals surface area contributed by atoms with Gasteiger partial charge in [0.1, 0.15) is 0 Å². The molecule has 0 heterocycles. The van der Waals surface area contributed by atoms with Crippen LogP contribution < -0.4 is 11.1 Å². The van der Waals surface area contributed by atoms with Gasteiger partial charge < -0.3 is 11.1 Å². The van der Waals surface area contributed by atoms with Gasteiger partial charge in [-0.2, -0.15) is 0 Å². The molecule has 0 bridgehead atoms. The van der Waals surface area contributed by atoms with Crippen molar-refractivity contribution in [2.24, 2.45) is 5.73 Å². The summed E-state index contributed by atoms with van der Waals surface area (Å²) >= 11 is 0. The molecular weight excluding hydrogens is 132 g/mol. The van der Waals surface area contributed by atoms with E-state index >= 15 is 0 Å². The summed E-state index contributed by atoms with van der Waals surface area (Å²) in [6.45, 7) is 2.91. The van der Waals surface area contributed by atoms with E-state index in [1.807, 2.05) is 0 Å². The van der Waals surface area contributed by atoms with Gasteiger partial charge in [-0.25, -0.2) is 0 Å². The van der Waals surface area contributed by atoms with E-state index in [4.69, 9.17) is 4.79 Å². The van der Waals surface area contributed by atoms with Crippen LogP contribution in [0.25, 0.3) is 0 Å². The highest BCUT2D eigenvalue weighted by molar-refractivity contribution is 5.45. The van der Waals surface area contributed by atoms with Gasteiger partial charge in [-0.05, 0) is 6.42 Å². The predicted molar refractivity (Wildman–Crippen MR) is 39.2 cm³/mol. The summed E-state index contributed by atoms with van der Waals surface area (Å²) in [5, 5.41) is 2.57. The molecule has 0 aliphatic carbocycles. The minimum atomic E-state index is 0.250. The van der Waals surface area contributed by atoms with Crippen molar-refractivity contribution in [2.45, 2.75) is 19.8 Å². The smallest absolute Gasteiger partial charge is 0.207 e. The number of unbranched alkanes of at least 4 members (excludes halogenated alkanes) is 1. The Hall–Kier alpha value is -1.06. The number of hydrogen-bond donors (Lipinski definition) is 2. The van der Waals surface area contributed by atoms with Crippen LogP contribution in [0.1, 0.15) is 19.8 Å². The lowest BCUT2D eigenvalue weighted by atomic mass is 10.3. The van der Waals surface area contributed by atoms with Crippen LogP contribution in [0.15, 0.2) is 0 Å². The van der Waals surface area contributed by atoms with E-state index in [0.29, 0.717) is 0 Å². The van der Waals surface area contributed by atoms with Crippen LogP contribution >= 0.6 is 0 Å². The molecule has 60 valence electrons. The normalized spacial score (nSPS) is 6.90. The molecule has 0 aromatic heterocycles. The van der Waals surface area contributed by atoms with Gasteiger partial charge in [0.15, 0.2) is 0 Å². The molecule has 0 atom stereocenters. The minimum absolute atomic E-state index is 0.250. The molecule has 0 rings (SSSR count). The van der Waals surface area contributed by atoms with Gasteiger partial charge in [-0.1, -0.05) is 13.3 Å². The Morgan fingerprint density at radius 1 is 1.50 bits per heavy atom. The number of amides is 2. The molecule has 4 nitrogen and oxygen atoms in total. The van der Waals surface area contributed by atoms with Gasteiger partial charge in [-0.3, -0.25) is 9.59 Å². The second-order valence-electron chi connectivity index (χ2n) is 1.56. The maximum absolute atomic E-state index is 9.57. The molecule has 0 fully saturated rings. The molecule has 3 N–H and O–H groups in total. The van der Waals surface area contributed by atoms with E-state index < -0.39 is 0 Å². The summed E-state index contributed by atoms with van der Waals surface area (Å²) in [6, 6.07) is 0. The third-order valence-corrected chi connectivity index (χ3v) is 0.758. The quantitative estimate of drug-likeness (QED) is 0.419. The van der Waals surface area contributed by atoms with Crippen molar-refractivity contribution in [3.05, 3.63) is 0 Å². The van der Waals surface area contributed by atoms with E-state index in [-0.39, 0.29) is 6.41 Å². The Morgan fingerprint density at radius 3 is 2.30 bits per heavy atom. The zero-order valence-corrected chi connectivity index (χ0v) is 6.17. The molecule has 0 saturated carbocycles. The lowest BCUT2D eigenvalue weighted by Gasteiger charge is -1.90. The van der Waals surface area contributed by atoms with Crippen LogP contribution in [-0.2, 0) is 9.59 Å². The Labute approximate surface area is 60.8 Å². The molecule has 0 aromatic carbocycles. The number of hydrogen-bond acceptors (Lipinski definition) is 2. The molecule has 0 spiro atoms. The average molecular weight is 146 g/mol. The first-order valence-electron chi connectivity index (χ1n) is 3.15. The lowest BCUT2D eigenvalue weighted by Crippen LogP contribution is -2.11. The minimum Gasteiger partial charge on any atom is -0.372 e. The summed E-state index contributed by atoms with van der Waals surface area (Å²) in [6.07, 6.45) is 3.20. The number of carbonyl (C=O) groups is 2. The fraction of sp³-hybridized carbons (Fsp3) is 0.667. The van der Waals surface area contributed by atoms with Crippen LogP contribution in [0.2, 0.25) is 0 Å². The topological polar surface area (TPSA) is 72.2 Å². The van der Waals surface area contributed by atoms with Crippen molar-refractivity contribution >= 4 is 12.8 Å². The molecule has 4 heteroatoms. The molecule has 0 saturated heterocycles. The molecule has 2 amide bonds. The molecule has 0 aromatic rings. The average Bonchev–Trinajstić information content (AvgIpc) is 1.91. The number of primary amides is 1. The zero-order chi connectivity index (χ0) is 8.24. The summed E-state index contributed by atoms with van der Waals surface area (Å²) in [4.78, 5) is 18.2. The van der Waals surface area contributed by atoms with E-state index in [9.17, 15) is 4.79 Å². The van der Waals surface area contributed by atoms with E-state index in [0.717, 1.165) is 25.8 Å². The van der Waals surface area contributed by atoms with Gasteiger partial charge in [-0.15, -0.1) is 0 Å². The third-order valence-electron chi connectivity index (χ3n) is 0.758. The van der Waals surface area contributed by atoms with Crippen molar-refractivity contribution in [1.82, 2.24) is 5.32 Å². The largest absolute Gasteiger partial charge is 0.372 e. The van der Waals surface area contributed by atoms with Gasteiger partial charge in [0.25, 0.3) is 0 Å². The van der Waals surface area contributed by atoms with Gasteiger partial charge in [0, 0.05) is 6.54 Å². The first-order chi connectivity index (χ1) is 4.83. The molecule has 0 aliphatic heterocycles. The molecule has 0 aliphatic rings. The first kappa shape index (κ1) is 11.7. The maximum Gasteiger partial charge on any atom is 0.207 e. The lowest BCUT2D eigenvalue weighted by molar-refractivity contribution is -0.109. The van der Waals surface area contributed by atoms with Crippen LogP contribution in [0, 0.1) is 0 Å². The highest BCUT2D eigenvalue weighted by Gasteiger charge is 1.76. The Bertz CT molecular complexity index is 76.1. The van der Waals surface area contributed by atoms with Gasteiger partial charge in [0.2, 0.25) is 12.8 Å². The first-order valence-corrected chi connectivity index (χ1v) is 3.15. The number of rotatable bonds is 4. The zero-order valence-electron chi connectivity index (χ0n) is 6.17. The third kappa shape index (κ3) is 28.3. The monoisotopic (exact) mass is 146 g/mol. The standard InChI is InChI=1S/C5H11NO.CH3NO/c1-2-3-4-6-5-7;2-1-3/h5H,2-4H2,1H3,(H,6,7);1H,(H2,2,3). The second kappa shape index (κ2) is 15.7. The van der Waals surface area contributed by atoms with E-state index in [1.54, 1.807) is 0 Å². The Balaban J connectivity index is 0. The van der Waals surface area contributed by atoms with Gasteiger partial charge in [0.05, 0.1) is 0 Å². The van der Waals surface area contributed by atoms with Crippen LogP contribution in [0.5, 0.6) is 0 Å². The second-order valence-corrected chi connectivity index (χ2v) is 1.56. The highest BCUT2D eigenvalue weighted by atomic mass is 16.1. The molecular formula is C6H14N2O2. The number of nitrogens with one attached hydrogen (secondary N) is 1. The van der Waals surface area contributed by atoms with Crippen molar-refractivity contribution in [2.75, 3.05) is 6.54 Å². The van der Waals surface area contributed by atoms with Crippen molar-refractivity contribution < 1.29 is 9.59 Å². The Morgan fingerprint density at radius 2 is 2.00 bits per heavy atom. The van der Waals surface area contributed by atoms with E-state index in [2.05, 4.69) is 18.0 Å². The highest BCUT2D eigenvalue weighted by Crippen LogP contribution is 1.79. The summed E-state index contributed by atoms with van der Waals surface area (Å²) in [5.74, 6) is 0. The van der Waals surface area contributed by atoms with Crippen LogP contribution in [-0.4, -0.2) is 19.4 Å². The van der Waals surface area contributed by atoms with Crippen molar-refractivity contribution in [3.8, 4) is 0 Å². The number of carbonyl (C=O) groups excluding carboxylic acids is 2. The summed E-state index contributed by atoms with van der Waals surface area (Å²) < 4.78 is 0. The summed E-state index contributed by atoms with van der Waals surface area (Å²) in [7, 11) is 0. The maximum atomic E-state index is 9.57. The van der Waals surface area contributed by atoms with E-state index in [1.165, 1.54) is 0 Å². The van der Waals surface area contributed by atoms with Crippen LogP contribution in [0.3, 0.4) is 0 Å². The fourth-order valence-corrected chi connectivity index (χ4v) is 0.338. The Kier molecular flexibility index (Phi) is 18.3. The fourth-order valence-electron chi connectivity index (χ4n) is 0.338. The van der Waals surface area contributed by atoms with Crippen molar-refractivity contribution in [1.29, 1.82) is 0 Å². The van der Waals surface area contributed by atoms with Crippen molar-refractivity contribution in [3.63, 3.8) is 0 Å². The number of nitrogens with two attached hydrogens (primary N) is 1. The summed E-state index contributed by atoms with van der Waals surface area (Å²) in [5.41, 5.74) is 4.17. The molecule has 10 heavy (non-hydrogen) atoms. The van der Waals surface area contributed by atoms with Crippen LogP contribution in [0.4, 0.5) is 0 Å². The molecule has 0 unspecified atom stereocenters. The predicted octanol–water partition coefficient (Wildman–Crippen LogP) is -0.366. The molecule has 0 radical (unpaired) electrons. The van der Waals surface area contributed by atoms with Gasteiger partial charge >= 0.3 is 0 Å².